The number of nitrogens with zero attached hydrogens (tertiary/aromatic N) is 1. The van der Waals surface area contributed by atoms with Gasteiger partial charge in [0.2, 0.25) is 0 Å². The Morgan fingerprint density at radius 3 is 2.75 bits per heavy atom. The second-order valence-electron chi connectivity index (χ2n) is 4.79. The molecule has 0 bridgehead atoms. The van der Waals surface area contributed by atoms with Gasteiger partial charge in [-0.05, 0) is 17.7 Å². The monoisotopic (exact) mass is 276 g/mol. The lowest BCUT2D eigenvalue weighted by atomic mass is 10.2. The molecule has 2 aromatic rings. The molecule has 1 aromatic heterocycles. The molecule has 1 N–H and O–H groups in total. The Bertz CT molecular complexity index is 524. The summed E-state index contributed by atoms with van der Waals surface area (Å²) in [5, 5.41) is 7.00. The van der Waals surface area contributed by atoms with Crippen LogP contribution in [0.3, 0.4) is 0 Å². The Hall–Kier alpha value is -2.01. The lowest BCUT2D eigenvalue weighted by Gasteiger charge is -2.13. The maximum absolute atomic E-state index is 5.67. The van der Waals surface area contributed by atoms with Gasteiger partial charge in [0.05, 0.1) is 13.3 Å². The molecule has 1 aromatic carbocycles. The molecule has 2 rings (SSSR count). The van der Waals surface area contributed by atoms with Crippen LogP contribution < -0.4 is 14.8 Å². The number of methoxy groups -OCH3 is 1. The number of ether oxygens (including phenoxy) is 2. The van der Waals surface area contributed by atoms with Crippen LogP contribution in [0.1, 0.15) is 25.2 Å². The van der Waals surface area contributed by atoms with E-state index in [2.05, 4.69) is 24.3 Å². The summed E-state index contributed by atoms with van der Waals surface area (Å²) in [5.74, 6) is 2.09. The lowest BCUT2D eigenvalue weighted by Crippen LogP contribution is -2.21. The zero-order valence-corrected chi connectivity index (χ0v) is 12.1. The average Bonchev–Trinajstić information content (AvgIpc) is 2.96. The van der Waals surface area contributed by atoms with Crippen molar-refractivity contribution in [1.29, 1.82) is 0 Å². The molecule has 5 nitrogen and oxygen atoms in total. The van der Waals surface area contributed by atoms with Gasteiger partial charge < -0.3 is 19.3 Å². The molecular weight excluding hydrogens is 256 g/mol. The van der Waals surface area contributed by atoms with Crippen molar-refractivity contribution in [2.45, 2.75) is 33.0 Å². The zero-order chi connectivity index (χ0) is 14.4. The van der Waals surface area contributed by atoms with E-state index in [1.807, 2.05) is 18.2 Å². The maximum atomic E-state index is 5.67. The third-order valence-corrected chi connectivity index (χ3v) is 2.80. The largest absolute Gasteiger partial charge is 0.493 e. The van der Waals surface area contributed by atoms with Crippen molar-refractivity contribution in [2.24, 2.45) is 0 Å². The van der Waals surface area contributed by atoms with Gasteiger partial charge in [0.25, 0.3) is 0 Å². The first-order valence-corrected chi connectivity index (χ1v) is 6.61. The molecule has 0 saturated carbocycles. The van der Waals surface area contributed by atoms with E-state index in [0.29, 0.717) is 29.9 Å². The van der Waals surface area contributed by atoms with Gasteiger partial charge in [-0.25, -0.2) is 0 Å². The van der Waals surface area contributed by atoms with Crippen molar-refractivity contribution in [3.8, 4) is 11.5 Å². The van der Waals surface area contributed by atoms with Gasteiger partial charge in [0.15, 0.2) is 17.3 Å². The SMILES string of the molecule is COc1cc(CNC(C)C)ccc1OCc1ccno1. The minimum absolute atomic E-state index is 0.333. The highest BCUT2D eigenvalue weighted by Gasteiger charge is 2.07. The molecule has 5 heteroatoms. The predicted octanol–water partition coefficient (Wildman–Crippen LogP) is 2.76. The second-order valence-corrected chi connectivity index (χ2v) is 4.79. The van der Waals surface area contributed by atoms with E-state index in [0.717, 1.165) is 12.1 Å². The summed E-state index contributed by atoms with van der Waals surface area (Å²) in [6.45, 7) is 5.37. The maximum Gasteiger partial charge on any atom is 0.174 e. The smallest absolute Gasteiger partial charge is 0.174 e. The van der Waals surface area contributed by atoms with Crippen molar-refractivity contribution in [2.75, 3.05) is 7.11 Å². The van der Waals surface area contributed by atoms with E-state index in [9.17, 15) is 0 Å². The van der Waals surface area contributed by atoms with Crippen LogP contribution in [0, 0.1) is 0 Å². The van der Waals surface area contributed by atoms with Crippen molar-refractivity contribution >= 4 is 0 Å². The number of aromatic nitrogens is 1. The predicted molar refractivity (Wildman–Crippen MR) is 75.8 cm³/mol. The fraction of sp³-hybridized carbons (Fsp3) is 0.400. The molecule has 0 saturated heterocycles. The normalized spacial score (nSPS) is 10.8. The molecule has 0 aliphatic heterocycles. The number of nitrogens with one attached hydrogen (secondary N) is 1. The van der Waals surface area contributed by atoms with E-state index < -0.39 is 0 Å². The minimum Gasteiger partial charge on any atom is -0.493 e. The Kier molecular flexibility index (Phi) is 5.01. The van der Waals surface area contributed by atoms with Crippen molar-refractivity contribution in [3.05, 3.63) is 41.8 Å². The second kappa shape index (κ2) is 6.96. The van der Waals surface area contributed by atoms with Crippen LogP contribution in [0.4, 0.5) is 0 Å². The van der Waals surface area contributed by atoms with E-state index in [-0.39, 0.29) is 0 Å². The molecular formula is C15H20N2O3. The first kappa shape index (κ1) is 14.4. The molecule has 1 heterocycles. The van der Waals surface area contributed by atoms with Gasteiger partial charge in [-0.1, -0.05) is 25.1 Å². The number of hydrogen-bond acceptors (Lipinski definition) is 5. The van der Waals surface area contributed by atoms with Crippen molar-refractivity contribution < 1.29 is 14.0 Å². The van der Waals surface area contributed by atoms with E-state index in [4.69, 9.17) is 14.0 Å². The van der Waals surface area contributed by atoms with Gasteiger partial charge in [-0.15, -0.1) is 0 Å². The molecule has 0 unspecified atom stereocenters. The lowest BCUT2D eigenvalue weighted by molar-refractivity contribution is 0.239. The van der Waals surface area contributed by atoms with E-state index >= 15 is 0 Å². The van der Waals surface area contributed by atoms with Gasteiger partial charge in [0.1, 0.15) is 6.61 Å². The third-order valence-electron chi connectivity index (χ3n) is 2.80. The Morgan fingerprint density at radius 2 is 2.10 bits per heavy atom. The standard InChI is InChI=1S/C15H20N2O3/c1-11(2)16-9-12-4-5-14(15(8-12)18-3)19-10-13-6-7-17-20-13/h4-8,11,16H,9-10H2,1-3H3. The summed E-state index contributed by atoms with van der Waals surface area (Å²) in [4.78, 5) is 0. The van der Waals surface area contributed by atoms with Gasteiger partial charge in [-0.3, -0.25) is 0 Å². The molecule has 20 heavy (non-hydrogen) atoms. The molecule has 0 spiro atoms. The third kappa shape index (κ3) is 3.99. The van der Waals surface area contributed by atoms with Gasteiger partial charge in [-0.2, -0.15) is 0 Å². The van der Waals surface area contributed by atoms with Crippen LogP contribution in [0.25, 0.3) is 0 Å². The van der Waals surface area contributed by atoms with Gasteiger partial charge >= 0.3 is 0 Å². The first-order chi connectivity index (χ1) is 9.69. The first-order valence-electron chi connectivity index (χ1n) is 6.61. The van der Waals surface area contributed by atoms with Crippen molar-refractivity contribution in [3.63, 3.8) is 0 Å². The summed E-state index contributed by atoms with van der Waals surface area (Å²) in [6.07, 6.45) is 1.59. The molecule has 0 atom stereocenters. The van der Waals surface area contributed by atoms with Crippen LogP contribution in [-0.2, 0) is 13.2 Å². The average molecular weight is 276 g/mol. The summed E-state index contributed by atoms with van der Waals surface area (Å²) in [6, 6.07) is 8.13. The molecule has 108 valence electrons. The topological polar surface area (TPSA) is 56.5 Å². The molecule has 0 radical (unpaired) electrons. The highest BCUT2D eigenvalue weighted by molar-refractivity contribution is 5.43. The summed E-state index contributed by atoms with van der Waals surface area (Å²) < 4.78 is 16.0. The van der Waals surface area contributed by atoms with Crippen LogP contribution in [0.15, 0.2) is 35.0 Å². The minimum atomic E-state index is 0.333. The molecule has 0 aliphatic carbocycles. The van der Waals surface area contributed by atoms with Crippen LogP contribution in [0.2, 0.25) is 0 Å². The van der Waals surface area contributed by atoms with Gasteiger partial charge in [0, 0.05) is 18.7 Å². The van der Waals surface area contributed by atoms with Crippen LogP contribution in [0.5, 0.6) is 11.5 Å². The highest BCUT2D eigenvalue weighted by Crippen LogP contribution is 2.28. The van der Waals surface area contributed by atoms with Crippen LogP contribution >= 0.6 is 0 Å². The van der Waals surface area contributed by atoms with E-state index in [1.54, 1.807) is 19.4 Å². The highest BCUT2D eigenvalue weighted by atomic mass is 16.5. The van der Waals surface area contributed by atoms with Crippen molar-refractivity contribution in [1.82, 2.24) is 10.5 Å². The zero-order valence-electron chi connectivity index (χ0n) is 12.1. The van der Waals surface area contributed by atoms with E-state index in [1.165, 1.54) is 0 Å². The van der Waals surface area contributed by atoms with Crippen LogP contribution in [-0.4, -0.2) is 18.3 Å². The summed E-state index contributed by atoms with van der Waals surface area (Å²) in [7, 11) is 1.64. The number of benzene rings is 1. The quantitative estimate of drug-likeness (QED) is 0.842. The Labute approximate surface area is 118 Å². The summed E-state index contributed by atoms with van der Waals surface area (Å²) in [5.41, 5.74) is 1.16. The Balaban J connectivity index is 2.01. The molecule has 0 amide bonds. The fourth-order valence-electron chi connectivity index (χ4n) is 1.73. The molecule has 0 fully saturated rings. The Morgan fingerprint density at radius 1 is 1.25 bits per heavy atom. The number of rotatable bonds is 7. The number of hydrogen-bond donors (Lipinski definition) is 1. The molecule has 0 aliphatic rings. The summed E-state index contributed by atoms with van der Waals surface area (Å²) >= 11 is 0. The fourth-order valence-corrected chi connectivity index (χ4v) is 1.73.